The summed E-state index contributed by atoms with van der Waals surface area (Å²) >= 11 is 1.21. The van der Waals surface area contributed by atoms with Gasteiger partial charge in [0.1, 0.15) is 4.21 Å². The molecule has 164 valence electrons. The molecule has 1 aliphatic rings. The first-order valence-corrected chi connectivity index (χ1v) is 12.6. The van der Waals surface area contributed by atoms with E-state index in [9.17, 15) is 13.2 Å². The number of hydrogen-bond donors (Lipinski definition) is 0. The van der Waals surface area contributed by atoms with Crippen LogP contribution in [0.25, 0.3) is 0 Å². The smallest absolute Gasteiger partial charge is 0.252 e. The predicted molar refractivity (Wildman–Crippen MR) is 120 cm³/mol. The Morgan fingerprint density at radius 1 is 1.19 bits per heavy atom. The molecule has 0 spiro atoms. The van der Waals surface area contributed by atoms with Gasteiger partial charge in [0.25, 0.3) is 10.0 Å². The van der Waals surface area contributed by atoms with Crippen molar-refractivity contribution in [3.8, 4) is 0 Å². The summed E-state index contributed by atoms with van der Waals surface area (Å²) in [4.78, 5) is 14.7. The van der Waals surface area contributed by atoms with Crippen LogP contribution in [-0.2, 0) is 27.9 Å². The van der Waals surface area contributed by atoms with Gasteiger partial charge in [-0.1, -0.05) is 36.4 Å². The molecule has 31 heavy (non-hydrogen) atoms. The van der Waals surface area contributed by atoms with Gasteiger partial charge in [0.2, 0.25) is 5.91 Å². The molecule has 0 saturated carbocycles. The molecule has 0 bridgehead atoms. The van der Waals surface area contributed by atoms with E-state index in [1.807, 2.05) is 29.1 Å². The van der Waals surface area contributed by atoms with Gasteiger partial charge in [-0.15, -0.1) is 11.3 Å². The minimum absolute atomic E-state index is 0.0260. The molecule has 1 unspecified atom stereocenters. The number of thiophene rings is 1. The first-order valence-electron chi connectivity index (χ1n) is 10.3. The Bertz CT molecular complexity index is 1110. The third-order valence-electron chi connectivity index (χ3n) is 5.49. The number of nitrogens with zero attached hydrogens (tertiary/aromatic N) is 4. The summed E-state index contributed by atoms with van der Waals surface area (Å²) in [5, 5.41) is 6.16. The molecule has 7 nitrogen and oxygen atoms in total. The minimum atomic E-state index is -3.53. The first kappa shape index (κ1) is 21.7. The Hall–Kier alpha value is -2.49. The van der Waals surface area contributed by atoms with Gasteiger partial charge in [0, 0.05) is 38.4 Å². The fourth-order valence-electron chi connectivity index (χ4n) is 3.91. The van der Waals surface area contributed by atoms with Crippen molar-refractivity contribution < 1.29 is 13.2 Å². The van der Waals surface area contributed by atoms with E-state index in [-0.39, 0.29) is 18.4 Å². The maximum Gasteiger partial charge on any atom is 0.252 e. The Balaban J connectivity index is 1.37. The van der Waals surface area contributed by atoms with E-state index >= 15 is 0 Å². The molecule has 1 atom stereocenters. The molecule has 3 heterocycles. The summed E-state index contributed by atoms with van der Waals surface area (Å²) < 4.78 is 29.3. The Kier molecular flexibility index (Phi) is 6.54. The summed E-state index contributed by atoms with van der Waals surface area (Å²) in [6.07, 6.45) is 5.11. The normalized spacial score (nSPS) is 17.5. The third kappa shape index (κ3) is 5.06. The first-order chi connectivity index (χ1) is 14.9. The SMILES string of the molecule is CN(Cc1cnn(Cc2ccccc2)c1)C(=O)C1CCCN(S(=O)(=O)c2cccs2)C1. The minimum Gasteiger partial charge on any atom is -0.341 e. The van der Waals surface area contributed by atoms with Gasteiger partial charge in [-0.2, -0.15) is 9.40 Å². The highest BCUT2D eigenvalue weighted by Crippen LogP contribution is 2.27. The highest BCUT2D eigenvalue weighted by atomic mass is 32.2. The van der Waals surface area contributed by atoms with Crippen molar-refractivity contribution in [1.29, 1.82) is 0 Å². The van der Waals surface area contributed by atoms with Gasteiger partial charge < -0.3 is 4.90 Å². The van der Waals surface area contributed by atoms with E-state index in [0.29, 0.717) is 36.7 Å². The van der Waals surface area contributed by atoms with Crippen LogP contribution in [0.1, 0.15) is 24.0 Å². The maximum absolute atomic E-state index is 13.0. The molecular formula is C22H26N4O3S2. The number of aromatic nitrogens is 2. The highest BCUT2D eigenvalue weighted by Gasteiger charge is 2.34. The molecule has 4 rings (SSSR count). The lowest BCUT2D eigenvalue weighted by molar-refractivity contribution is -0.135. The fraction of sp³-hybridized carbons (Fsp3) is 0.364. The van der Waals surface area contributed by atoms with Crippen molar-refractivity contribution in [2.45, 2.75) is 30.1 Å². The van der Waals surface area contributed by atoms with Gasteiger partial charge in [-0.3, -0.25) is 9.48 Å². The molecule has 2 aromatic heterocycles. The Labute approximate surface area is 187 Å². The molecule has 9 heteroatoms. The maximum atomic E-state index is 13.0. The van der Waals surface area contributed by atoms with Gasteiger partial charge >= 0.3 is 0 Å². The second-order valence-corrected chi connectivity index (χ2v) is 11.0. The van der Waals surface area contributed by atoms with Gasteiger partial charge in [0.15, 0.2) is 0 Å². The largest absolute Gasteiger partial charge is 0.341 e. The summed E-state index contributed by atoms with van der Waals surface area (Å²) in [5.41, 5.74) is 2.11. The van der Waals surface area contributed by atoms with Gasteiger partial charge in [0.05, 0.1) is 18.7 Å². The van der Waals surface area contributed by atoms with E-state index in [1.54, 1.807) is 35.7 Å². The van der Waals surface area contributed by atoms with Crippen LogP contribution in [0.2, 0.25) is 0 Å². The lowest BCUT2D eigenvalue weighted by atomic mass is 9.98. The number of carbonyl (C=O) groups excluding carboxylic acids is 1. The number of piperidine rings is 1. The lowest BCUT2D eigenvalue weighted by Crippen LogP contribution is -2.45. The van der Waals surface area contributed by atoms with Crippen LogP contribution in [0, 0.1) is 5.92 Å². The van der Waals surface area contributed by atoms with Crippen LogP contribution in [-0.4, -0.2) is 53.4 Å². The fourth-order valence-corrected chi connectivity index (χ4v) is 6.58. The van der Waals surface area contributed by atoms with Crippen molar-refractivity contribution in [1.82, 2.24) is 19.0 Å². The Morgan fingerprint density at radius 2 is 2.00 bits per heavy atom. The highest BCUT2D eigenvalue weighted by molar-refractivity contribution is 7.91. The molecule has 1 saturated heterocycles. The second-order valence-electron chi connectivity index (χ2n) is 7.86. The van der Waals surface area contributed by atoms with Gasteiger partial charge in [-0.05, 0) is 29.9 Å². The number of hydrogen-bond acceptors (Lipinski definition) is 5. The van der Waals surface area contributed by atoms with Crippen LogP contribution in [0.4, 0.5) is 0 Å². The molecule has 0 radical (unpaired) electrons. The number of amides is 1. The van der Waals surface area contributed by atoms with Crippen LogP contribution in [0.5, 0.6) is 0 Å². The molecule has 1 aromatic carbocycles. The van der Waals surface area contributed by atoms with Crippen LogP contribution in [0.15, 0.2) is 64.4 Å². The zero-order valence-corrected chi connectivity index (χ0v) is 19.1. The summed E-state index contributed by atoms with van der Waals surface area (Å²) in [6.45, 7) is 1.81. The standard InChI is InChI=1S/C22H26N4O3S2/c1-24(14-19-13-23-25(16-19)15-18-7-3-2-4-8-18)22(27)20-9-5-11-26(17-20)31(28,29)21-10-6-12-30-21/h2-4,6-8,10,12-13,16,20H,5,9,11,14-15,17H2,1H3. The quantitative estimate of drug-likeness (QED) is 0.545. The molecule has 1 amide bonds. The number of benzene rings is 1. The van der Waals surface area contributed by atoms with Crippen molar-refractivity contribution in [2.24, 2.45) is 5.92 Å². The van der Waals surface area contributed by atoms with E-state index < -0.39 is 10.0 Å². The number of sulfonamides is 1. The van der Waals surface area contributed by atoms with E-state index in [2.05, 4.69) is 17.2 Å². The summed E-state index contributed by atoms with van der Waals surface area (Å²) in [7, 11) is -1.76. The van der Waals surface area contributed by atoms with Gasteiger partial charge in [-0.25, -0.2) is 8.42 Å². The topological polar surface area (TPSA) is 75.5 Å². The van der Waals surface area contributed by atoms with Crippen molar-refractivity contribution in [3.63, 3.8) is 0 Å². The van der Waals surface area contributed by atoms with Crippen molar-refractivity contribution in [2.75, 3.05) is 20.1 Å². The van der Waals surface area contributed by atoms with Crippen molar-refractivity contribution >= 4 is 27.3 Å². The van der Waals surface area contributed by atoms with E-state index in [0.717, 1.165) is 11.1 Å². The molecule has 1 aliphatic heterocycles. The molecular weight excluding hydrogens is 432 g/mol. The molecule has 1 fully saturated rings. The number of carbonyl (C=O) groups is 1. The molecule has 0 aliphatic carbocycles. The van der Waals surface area contributed by atoms with Crippen molar-refractivity contribution in [3.05, 3.63) is 71.4 Å². The van der Waals surface area contributed by atoms with E-state index in [1.165, 1.54) is 15.6 Å². The number of rotatable bonds is 7. The average Bonchev–Trinajstić information content (AvgIpc) is 3.47. The van der Waals surface area contributed by atoms with Crippen LogP contribution in [0.3, 0.4) is 0 Å². The molecule has 0 N–H and O–H groups in total. The predicted octanol–water partition coefficient (Wildman–Crippen LogP) is 3.05. The lowest BCUT2D eigenvalue weighted by Gasteiger charge is -2.32. The summed E-state index contributed by atoms with van der Waals surface area (Å²) in [6, 6.07) is 13.4. The average molecular weight is 459 g/mol. The summed E-state index contributed by atoms with van der Waals surface area (Å²) in [5.74, 6) is -0.352. The zero-order valence-electron chi connectivity index (χ0n) is 17.4. The Morgan fingerprint density at radius 3 is 2.74 bits per heavy atom. The van der Waals surface area contributed by atoms with Crippen LogP contribution < -0.4 is 0 Å². The van der Waals surface area contributed by atoms with Crippen LogP contribution >= 0.6 is 11.3 Å². The molecule has 3 aromatic rings. The third-order valence-corrected chi connectivity index (χ3v) is 8.73. The monoisotopic (exact) mass is 458 g/mol. The zero-order chi connectivity index (χ0) is 21.8. The second kappa shape index (κ2) is 9.33. The van der Waals surface area contributed by atoms with E-state index in [4.69, 9.17) is 0 Å².